The van der Waals surface area contributed by atoms with Gasteiger partial charge in [0.1, 0.15) is 11.5 Å². The highest BCUT2D eigenvalue weighted by molar-refractivity contribution is 7.90. The van der Waals surface area contributed by atoms with Crippen LogP contribution in [0, 0.1) is 6.92 Å². The first-order valence-electron chi connectivity index (χ1n) is 8.43. The van der Waals surface area contributed by atoms with Gasteiger partial charge < -0.3 is 13.7 Å². The maximum atomic E-state index is 12.1. The molecule has 2 aromatic rings. The Labute approximate surface area is 148 Å². The third-order valence-corrected chi connectivity index (χ3v) is 5.29. The van der Waals surface area contributed by atoms with E-state index in [9.17, 15) is 8.42 Å². The Kier molecular flexibility index (Phi) is 5.31. The molecule has 0 aromatic carbocycles. The molecule has 0 radical (unpaired) electrons. The minimum Gasteiger partial charge on any atom is -0.465 e. The van der Waals surface area contributed by atoms with Gasteiger partial charge in [-0.05, 0) is 38.9 Å². The van der Waals surface area contributed by atoms with E-state index in [1.54, 1.807) is 10.8 Å². The molecule has 3 rings (SSSR count). The Morgan fingerprint density at radius 1 is 1.36 bits per heavy atom. The van der Waals surface area contributed by atoms with Crippen LogP contribution in [0.1, 0.15) is 30.1 Å². The third kappa shape index (κ3) is 4.50. The molecule has 1 fully saturated rings. The predicted molar refractivity (Wildman–Crippen MR) is 92.9 cm³/mol. The van der Waals surface area contributed by atoms with Crippen molar-refractivity contribution < 1.29 is 17.6 Å². The van der Waals surface area contributed by atoms with Crippen LogP contribution in [0.5, 0.6) is 0 Å². The van der Waals surface area contributed by atoms with E-state index in [4.69, 9.17) is 9.15 Å². The molecule has 0 spiro atoms. The van der Waals surface area contributed by atoms with Gasteiger partial charge in [-0.25, -0.2) is 13.4 Å². The molecule has 138 valence electrons. The summed E-state index contributed by atoms with van der Waals surface area (Å²) < 4.78 is 37.2. The summed E-state index contributed by atoms with van der Waals surface area (Å²) in [6.45, 7) is 4.40. The average Bonchev–Trinajstić information content (AvgIpc) is 3.22. The van der Waals surface area contributed by atoms with E-state index in [0.717, 1.165) is 36.7 Å². The quantitative estimate of drug-likeness (QED) is 0.745. The Morgan fingerprint density at radius 2 is 2.16 bits per heavy atom. The minimum atomic E-state index is -3.39. The predicted octanol–water partition coefficient (Wildman–Crippen LogP) is 2.00. The second-order valence-corrected chi connectivity index (χ2v) is 8.64. The summed E-state index contributed by atoms with van der Waals surface area (Å²) >= 11 is 0. The number of hydrogen-bond acceptors (Lipinski definition) is 6. The summed E-state index contributed by atoms with van der Waals surface area (Å²) in [6.07, 6.45) is 4.85. The molecule has 1 aliphatic heterocycles. The lowest BCUT2D eigenvalue weighted by Gasteiger charge is -2.19. The van der Waals surface area contributed by atoms with Crippen molar-refractivity contribution in [1.82, 2.24) is 14.5 Å². The second-order valence-electron chi connectivity index (χ2n) is 6.73. The highest BCUT2D eigenvalue weighted by atomic mass is 32.2. The van der Waals surface area contributed by atoms with Crippen molar-refractivity contribution in [2.24, 2.45) is 0 Å². The van der Waals surface area contributed by atoms with Gasteiger partial charge in [0.05, 0.1) is 31.1 Å². The van der Waals surface area contributed by atoms with E-state index in [1.165, 1.54) is 6.26 Å². The Hall–Kier alpha value is -1.64. The van der Waals surface area contributed by atoms with E-state index in [0.29, 0.717) is 19.6 Å². The standard InChI is InChI=1S/C17H25N3O4S/c1-13-6-7-16(24-13)11-19(2)10-14-9-18-17(25(3,21)22)20(14)12-15-5-4-8-23-15/h6-7,9,15H,4-5,8,10-12H2,1-3H3/t15-/m0/s1. The highest BCUT2D eigenvalue weighted by Crippen LogP contribution is 2.20. The molecular weight excluding hydrogens is 342 g/mol. The third-order valence-electron chi connectivity index (χ3n) is 4.30. The topological polar surface area (TPSA) is 77.6 Å². The van der Waals surface area contributed by atoms with Crippen LogP contribution in [0.3, 0.4) is 0 Å². The van der Waals surface area contributed by atoms with E-state index in [1.807, 2.05) is 26.1 Å². The first kappa shape index (κ1) is 18.2. The van der Waals surface area contributed by atoms with Gasteiger partial charge in [0.2, 0.25) is 15.0 Å². The van der Waals surface area contributed by atoms with E-state index in [-0.39, 0.29) is 11.3 Å². The summed E-state index contributed by atoms with van der Waals surface area (Å²) in [7, 11) is -1.41. The lowest BCUT2D eigenvalue weighted by Crippen LogP contribution is -2.24. The molecule has 8 heteroatoms. The van der Waals surface area contributed by atoms with Crippen LogP contribution in [-0.4, -0.2) is 48.9 Å². The molecule has 0 N–H and O–H groups in total. The van der Waals surface area contributed by atoms with Crippen molar-refractivity contribution in [1.29, 1.82) is 0 Å². The van der Waals surface area contributed by atoms with Crippen LogP contribution in [-0.2, 0) is 34.2 Å². The number of sulfone groups is 1. The van der Waals surface area contributed by atoms with Gasteiger partial charge in [0.25, 0.3) is 0 Å². The van der Waals surface area contributed by atoms with Gasteiger partial charge in [0.15, 0.2) is 0 Å². The van der Waals surface area contributed by atoms with Gasteiger partial charge in [-0.3, -0.25) is 4.90 Å². The number of rotatable bonds is 7. The summed E-state index contributed by atoms with van der Waals surface area (Å²) in [5.74, 6) is 1.76. The molecule has 0 bridgehead atoms. The summed E-state index contributed by atoms with van der Waals surface area (Å²) in [5.41, 5.74) is 0.863. The number of aromatic nitrogens is 2. The fraction of sp³-hybridized carbons (Fsp3) is 0.588. The lowest BCUT2D eigenvalue weighted by molar-refractivity contribution is 0.0933. The molecule has 0 saturated carbocycles. The Balaban J connectivity index is 1.78. The zero-order chi connectivity index (χ0) is 18.0. The molecule has 1 atom stereocenters. The van der Waals surface area contributed by atoms with Crippen LogP contribution >= 0.6 is 0 Å². The Bertz CT molecular complexity index is 819. The van der Waals surface area contributed by atoms with Crippen LogP contribution in [0.2, 0.25) is 0 Å². The first-order chi connectivity index (χ1) is 11.8. The monoisotopic (exact) mass is 367 g/mol. The number of hydrogen-bond donors (Lipinski definition) is 0. The van der Waals surface area contributed by atoms with Crippen LogP contribution < -0.4 is 0 Å². The zero-order valence-corrected chi connectivity index (χ0v) is 15.8. The van der Waals surface area contributed by atoms with Gasteiger partial charge >= 0.3 is 0 Å². The molecule has 3 heterocycles. The number of nitrogens with zero attached hydrogens (tertiary/aromatic N) is 3. The van der Waals surface area contributed by atoms with Gasteiger partial charge in [0, 0.05) is 19.4 Å². The largest absolute Gasteiger partial charge is 0.465 e. The van der Waals surface area contributed by atoms with Crippen LogP contribution in [0.15, 0.2) is 27.9 Å². The average molecular weight is 367 g/mol. The minimum absolute atomic E-state index is 0.0477. The van der Waals surface area contributed by atoms with Crippen LogP contribution in [0.25, 0.3) is 0 Å². The van der Waals surface area contributed by atoms with Crippen molar-refractivity contribution in [3.63, 3.8) is 0 Å². The molecule has 1 saturated heterocycles. The Morgan fingerprint density at radius 3 is 2.76 bits per heavy atom. The maximum absolute atomic E-state index is 12.1. The fourth-order valence-electron chi connectivity index (χ4n) is 3.17. The van der Waals surface area contributed by atoms with Crippen molar-refractivity contribution in [2.75, 3.05) is 19.9 Å². The molecule has 0 aliphatic carbocycles. The molecule has 0 unspecified atom stereocenters. The molecule has 7 nitrogen and oxygen atoms in total. The van der Waals surface area contributed by atoms with Gasteiger partial charge in [-0.1, -0.05) is 0 Å². The van der Waals surface area contributed by atoms with Crippen molar-refractivity contribution in [2.45, 2.75) is 50.7 Å². The lowest BCUT2D eigenvalue weighted by atomic mass is 10.2. The van der Waals surface area contributed by atoms with Gasteiger partial charge in [-0.2, -0.15) is 0 Å². The number of aryl methyl sites for hydroxylation is 1. The first-order valence-corrected chi connectivity index (χ1v) is 10.3. The fourth-order valence-corrected chi connectivity index (χ4v) is 4.01. The SMILES string of the molecule is Cc1ccc(CN(C)Cc2cnc(S(C)(=O)=O)n2C[C@@H]2CCCO2)o1. The summed E-state index contributed by atoms with van der Waals surface area (Å²) in [6, 6.07) is 3.89. The highest BCUT2D eigenvalue weighted by Gasteiger charge is 2.24. The maximum Gasteiger partial charge on any atom is 0.227 e. The van der Waals surface area contributed by atoms with E-state index < -0.39 is 9.84 Å². The molecule has 25 heavy (non-hydrogen) atoms. The normalized spacial score (nSPS) is 18.3. The number of imidazole rings is 1. The molecule has 2 aromatic heterocycles. The summed E-state index contributed by atoms with van der Waals surface area (Å²) in [4.78, 5) is 6.24. The van der Waals surface area contributed by atoms with Crippen molar-refractivity contribution in [3.8, 4) is 0 Å². The number of ether oxygens (including phenoxy) is 1. The van der Waals surface area contributed by atoms with Crippen LogP contribution in [0.4, 0.5) is 0 Å². The zero-order valence-electron chi connectivity index (χ0n) is 14.9. The smallest absolute Gasteiger partial charge is 0.227 e. The molecule has 0 amide bonds. The molecule has 1 aliphatic rings. The summed E-state index contributed by atoms with van der Waals surface area (Å²) in [5, 5.41) is 0.111. The van der Waals surface area contributed by atoms with E-state index in [2.05, 4.69) is 9.88 Å². The second kappa shape index (κ2) is 7.31. The van der Waals surface area contributed by atoms with E-state index >= 15 is 0 Å². The van der Waals surface area contributed by atoms with Gasteiger partial charge in [-0.15, -0.1) is 0 Å². The molecular formula is C17H25N3O4S. The number of furan rings is 1. The van der Waals surface area contributed by atoms with Crippen molar-refractivity contribution in [3.05, 3.63) is 35.5 Å². The van der Waals surface area contributed by atoms with Crippen molar-refractivity contribution >= 4 is 9.84 Å².